The van der Waals surface area contributed by atoms with Gasteiger partial charge in [-0.1, -0.05) is 12.1 Å². The second kappa shape index (κ2) is 8.06. The average Bonchev–Trinajstić information content (AvgIpc) is 2.60. The third-order valence-corrected chi connectivity index (χ3v) is 4.32. The summed E-state index contributed by atoms with van der Waals surface area (Å²) in [4.78, 5) is 20.3. The number of para-hydroxylation sites is 1. The molecule has 1 aromatic heterocycles. The Bertz CT molecular complexity index is 719. The number of aromatic amines is 1. The van der Waals surface area contributed by atoms with Crippen molar-refractivity contribution in [3.63, 3.8) is 0 Å². The lowest BCUT2D eigenvalue weighted by Gasteiger charge is -2.32. The normalized spacial score (nSPS) is 18.5. The monoisotopic (exact) mass is 331 g/mol. The van der Waals surface area contributed by atoms with E-state index in [9.17, 15) is 9.18 Å². The summed E-state index contributed by atoms with van der Waals surface area (Å²) in [7, 11) is 0. The van der Waals surface area contributed by atoms with Gasteiger partial charge in [0, 0.05) is 37.3 Å². The Labute approximate surface area is 140 Å². The van der Waals surface area contributed by atoms with Gasteiger partial charge in [0.1, 0.15) is 0 Å². The summed E-state index contributed by atoms with van der Waals surface area (Å²) in [5.41, 5.74) is 0.689. The third-order valence-electron chi connectivity index (χ3n) is 4.32. The smallest absolute Gasteiger partial charge is 0.266 e. The van der Waals surface area contributed by atoms with E-state index in [0.717, 1.165) is 44.6 Å². The number of piperidine rings is 1. The fourth-order valence-electron chi connectivity index (χ4n) is 3.08. The van der Waals surface area contributed by atoms with Gasteiger partial charge in [0.15, 0.2) is 11.6 Å². The maximum absolute atomic E-state index is 13.6. The van der Waals surface area contributed by atoms with Crippen molar-refractivity contribution >= 4 is 0 Å². The van der Waals surface area contributed by atoms with Crippen molar-refractivity contribution in [1.29, 1.82) is 0 Å². The van der Waals surface area contributed by atoms with Gasteiger partial charge in [-0.2, -0.15) is 0 Å². The van der Waals surface area contributed by atoms with Crippen molar-refractivity contribution in [2.45, 2.75) is 19.3 Å². The van der Waals surface area contributed by atoms with Crippen LogP contribution in [0.2, 0.25) is 0 Å². The molecule has 24 heavy (non-hydrogen) atoms. The number of hydrogen-bond donors (Lipinski definition) is 1. The molecule has 1 fully saturated rings. The van der Waals surface area contributed by atoms with Gasteiger partial charge in [0.25, 0.3) is 5.56 Å². The van der Waals surface area contributed by atoms with E-state index in [-0.39, 0.29) is 11.4 Å². The molecule has 2 heterocycles. The first-order chi connectivity index (χ1) is 11.7. The highest BCUT2D eigenvalue weighted by atomic mass is 19.1. The molecular weight excluding hydrogens is 309 g/mol. The second-order valence-electron chi connectivity index (χ2n) is 6.22. The van der Waals surface area contributed by atoms with Gasteiger partial charge in [0.2, 0.25) is 0 Å². The first-order valence-electron chi connectivity index (χ1n) is 8.33. The number of halogens is 1. The lowest BCUT2D eigenvalue weighted by atomic mass is 9.98. The number of H-pyrrole nitrogens is 1. The Morgan fingerprint density at radius 3 is 3.04 bits per heavy atom. The van der Waals surface area contributed by atoms with Crippen LogP contribution in [-0.2, 0) is 6.42 Å². The first-order valence-corrected chi connectivity index (χ1v) is 8.33. The summed E-state index contributed by atoms with van der Waals surface area (Å²) in [5, 5.41) is 0. The number of aromatic nitrogens is 2. The van der Waals surface area contributed by atoms with E-state index in [4.69, 9.17) is 4.74 Å². The average molecular weight is 331 g/mol. The molecule has 1 atom stereocenters. The predicted octanol–water partition coefficient (Wildman–Crippen LogP) is 2.24. The number of ether oxygens (including phenoxy) is 1. The van der Waals surface area contributed by atoms with Gasteiger partial charge in [-0.15, -0.1) is 0 Å². The quantitative estimate of drug-likeness (QED) is 0.882. The van der Waals surface area contributed by atoms with E-state index in [1.54, 1.807) is 24.4 Å². The second-order valence-corrected chi connectivity index (χ2v) is 6.22. The topological polar surface area (TPSA) is 58.2 Å². The van der Waals surface area contributed by atoms with E-state index >= 15 is 0 Å². The van der Waals surface area contributed by atoms with Gasteiger partial charge in [-0.3, -0.25) is 9.78 Å². The standard InChI is InChI=1S/C18H22FN3O2/c19-16-5-1-2-6-17(16)24-13-14-4-3-8-22(12-14)9-7-15-10-20-11-18(23)21-15/h1-2,5-6,10-11,14H,3-4,7-9,12-13H2,(H,21,23). The maximum atomic E-state index is 13.6. The van der Waals surface area contributed by atoms with Crippen LogP contribution in [0.4, 0.5) is 4.39 Å². The van der Waals surface area contributed by atoms with E-state index in [0.29, 0.717) is 18.3 Å². The van der Waals surface area contributed by atoms with Crippen LogP contribution < -0.4 is 10.3 Å². The Kier molecular flexibility index (Phi) is 5.59. The van der Waals surface area contributed by atoms with Crippen molar-refractivity contribution < 1.29 is 9.13 Å². The Morgan fingerprint density at radius 2 is 2.21 bits per heavy atom. The molecule has 0 radical (unpaired) electrons. The van der Waals surface area contributed by atoms with Crippen molar-refractivity contribution in [1.82, 2.24) is 14.9 Å². The largest absolute Gasteiger partial charge is 0.490 e. The molecule has 1 aromatic carbocycles. The van der Waals surface area contributed by atoms with Crippen LogP contribution in [0.15, 0.2) is 41.5 Å². The maximum Gasteiger partial charge on any atom is 0.266 e. The minimum Gasteiger partial charge on any atom is -0.490 e. The zero-order valence-corrected chi connectivity index (χ0v) is 13.6. The Hall–Kier alpha value is -2.21. The van der Waals surface area contributed by atoms with Gasteiger partial charge in [-0.25, -0.2) is 4.39 Å². The highest BCUT2D eigenvalue weighted by molar-refractivity contribution is 5.23. The predicted molar refractivity (Wildman–Crippen MR) is 89.6 cm³/mol. The molecule has 0 amide bonds. The molecule has 6 heteroatoms. The fourth-order valence-corrected chi connectivity index (χ4v) is 3.08. The zero-order chi connectivity index (χ0) is 16.8. The molecule has 128 valence electrons. The molecule has 1 aliphatic rings. The van der Waals surface area contributed by atoms with Crippen LogP contribution in [0.5, 0.6) is 5.75 Å². The number of hydrogen-bond acceptors (Lipinski definition) is 4. The zero-order valence-electron chi connectivity index (χ0n) is 13.6. The van der Waals surface area contributed by atoms with Gasteiger partial charge in [-0.05, 0) is 31.5 Å². The van der Waals surface area contributed by atoms with Gasteiger partial charge in [0.05, 0.1) is 12.8 Å². The highest BCUT2D eigenvalue weighted by Gasteiger charge is 2.20. The summed E-state index contributed by atoms with van der Waals surface area (Å²) in [5.74, 6) is 0.402. The molecule has 0 aliphatic carbocycles. The number of benzene rings is 1. The molecule has 5 nitrogen and oxygen atoms in total. The van der Waals surface area contributed by atoms with Gasteiger partial charge >= 0.3 is 0 Å². The molecule has 0 saturated carbocycles. The summed E-state index contributed by atoms with van der Waals surface area (Å²) >= 11 is 0. The van der Waals surface area contributed by atoms with Crippen molar-refractivity contribution in [2.24, 2.45) is 5.92 Å². The molecule has 0 spiro atoms. The minimum absolute atomic E-state index is 0.165. The molecule has 2 aromatic rings. The van der Waals surface area contributed by atoms with Crippen LogP contribution in [0, 0.1) is 11.7 Å². The van der Waals surface area contributed by atoms with Crippen molar-refractivity contribution in [2.75, 3.05) is 26.2 Å². The lowest BCUT2D eigenvalue weighted by Crippen LogP contribution is -2.39. The van der Waals surface area contributed by atoms with Gasteiger partial charge < -0.3 is 14.6 Å². The molecular formula is C18H22FN3O2. The molecule has 1 unspecified atom stereocenters. The van der Waals surface area contributed by atoms with Crippen LogP contribution in [0.25, 0.3) is 0 Å². The van der Waals surface area contributed by atoms with E-state index in [1.807, 2.05) is 0 Å². The fraction of sp³-hybridized carbons (Fsp3) is 0.444. The number of rotatable bonds is 6. The van der Waals surface area contributed by atoms with Crippen LogP contribution in [0.3, 0.4) is 0 Å². The Morgan fingerprint density at radius 1 is 1.33 bits per heavy atom. The van der Waals surface area contributed by atoms with Crippen molar-refractivity contribution in [3.8, 4) is 5.75 Å². The van der Waals surface area contributed by atoms with E-state index in [2.05, 4.69) is 14.9 Å². The molecule has 3 rings (SSSR count). The number of nitrogens with one attached hydrogen (secondary N) is 1. The summed E-state index contributed by atoms with van der Waals surface area (Å²) in [6, 6.07) is 6.51. The minimum atomic E-state index is -0.314. The Balaban J connectivity index is 1.47. The van der Waals surface area contributed by atoms with Crippen LogP contribution in [-0.4, -0.2) is 41.1 Å². The molecule has 1 aliphatic heterocycles. The van der Waals surface area contributed by atoms with Crippen LogP contribution in [0.1, 0.15) is 18.5 Å². The highest BCUT2D eigenvalue weighted by Crippen LogP contribution is 2.20. The van der Waals surface area contributed by atoms with Crippen molar-refractivity contribution in [3.05, 3.63) is 58.5 Å². The molecule has 0 bridgehead atoms. The van der Waals surface area contributed by atoms with E-state index in [1.165, 1.54) is 12.3 Å². The molecule has 1 N–H and O–H groups in total. The third kappa shape index (κ3) is 4.64. The summed E-state index contributed by atoms with van der Waals surface area (Å²) in [6.45, 7) is 3.37. The molecule has 1 saturated heterocycles. The first kappa shape index (κ1) is 16.6. The number of likely N-dealkylation sites (tertiary alicyclic amines) is 1. The summed E-state index contributed by atoms with van der Waals surface area (Å²) < 4.78 is 19.2. The SMILES string of the molecule is O=c1cncc(CCN2CCCC(COc3ccccc3F)C2)[nH]1. The van der Waals surface area contributed by atoms with Crippen LogP contribution >= 0.6 is 0 Å². The summed E-state index contributed by atoms with van der Waals surface area (Å²) in [6.07, 6.45) is 5.94. The number of nitrogens with zero attached hydrogens (tertiary/aromatic N) is 2. The van der Waals surface area contributed by atoms with E-state index < -0.39 is 0 Å². The lowest BCUT2D eigenvalue weighted by molar-refractivity contribution is 0.129.